The average molecular weight is 425 g/mol. The predicted octanol–water partition coefficient (Wildman–Crippen LogP) is 2.99. The Hall–Kier alpha value is -2.61. The van der Waals surface area contributed by atoms with Gasteiger partial charge >= 0.3 is 5.97 Å². The van der Waals surface area contributed by atoms with E-state index in [9.17, 15) is 14.0 Å². The van der Waals surface area contributed by atoms with Crippen LogP contribution in [0.1, 0.15) is 15.9 Å². The lowest BCUT2D eigenvalue weighted by Crippen LogP contribution is -2.31. The van der Waals surface area contributed by atoms with Crippen LogP contribution in [0.5, 0.6) is 5.75 Å². The number of ether oxygens (including phenoxy) is 2. The fourth-order valence-corrected chi connectivity index (χ4v) is 2.55. The Morgan fingerprint density at radius 3 is 2.62 bits per heavy atom. The highest BCUT2D eigenvalue weighted by atomic mass is 79.9. The van der Waals surface area contributed by atoms with Gasteiger partial charge in [0, 0.05) is 23.8 Å². The van der Waals surface area contributed by atoms with Crippen LogP contribution in [-0.2, 0) is 16.1 Å². The van der Waals surface area contributed by atoms with Gasteiger partial charge < -0.3 is 20.1 Å². The summed E-state index contributed by atoms with van der Waals surface area (Å²) in [4.78, 5) is 25.5. The molecule has 2 aromatic carbocycles. The molecule has 0 spiro atoms. The zero-order valence-electron chi connectivity index (χ0n) is 14.3. The fraction of sp³-hybridized carbons (Fsp3) is 0.222. The van der Waals surface area contributed by atoms with E-state index in [4.69, 9.17) is 15.2 Å². The third-order valence-corrected chi connectivity index (χ3v) is 4.12. The Balaban J connectivity index is 1.93. The Kier molecular flexibility index (Phi) is 6.57. The van der Waals surface area contributed by atoms with E-state index in [0.29, 0.717) is 10.0 Å². The van der Waals surface area contributed by atoms with Gasteiger partial charge in [-0.15, -0.1) is 0 Å². The largest absolute Gasteiger partial charge is 0.494 e. The molecule has 0 aromatic heterocycles. The first-order chi connectivity index (χ1) is 12.3. The second-order valence-corrected chi connectivity index (χ2v) is 6.44. The Morgan fingerprint density at radius 1 is 1.23 bits per heavy atom. The highest BCUT2D eigenvalue weighted by molar-refractivity contribution is 9.10. The van der Waals surface area contributed by atoms with Gasteiger partial charge in [-0.1, -0.05) is 22.0 Å². The van der Waals surface area contributed by atoms with E-state index in [1.165, 1.54) is 37.3 Å². The minimum Gasteiger partial charge on any atom is -0.494 e. The first kappa shape index (κ1) is 19.7. The lowest BCUT2D eigenvalue weighted by molar-refractivity contribution is -0.133. The summed E-state index contributed by atoms with van der Waals surface area (Å²) in [5.74, 6) is -1.50. The molecule has 6 nitrogen and oxygen atoms in total. The van der Waals surface area contributed by atoms with Gasteiger partial charge in [0.25, 0.3) is 5.91 Å². The van der Waals surface area contributed by atoms with Crippen LogP contribution in [0.15, 0.2) is 40.9 Å². The first-order valence-corrected chi connectivity index (χ1v) is 8.39. The molecule has 2 rings (SSSR count). The van der Waals surface area contributed by atoms with Crippen LogP contribution in [-0.4, -0.2) is 37.5 Å². The van der Waals surface area contributed by atoms with E-state index in [1.54, 1.807) is 18.2 Å². The third kappa shape index (κ3) is 4.95. The van der Waals surface area contributed by atoms with Crippen molar-refractivity contribution in [2.24, 2.45) is 0 Å². The van der Waals surface area contributed by atoms with Crippen molar-refractivity contribution in [1.82, 2.24) is 4.90 Å². The number of hydrogen-bond acceptors (Lipinski definition) is 5. The zero-order chi connectivity index (χ0) is 19.3. The van der Waals surface area contributed by atoms with Crippen LogP contribution in [0.2, 0.25) is 0 Å². The molecule has 138 valence electrons. The Morgan fingerprint density at radius 2 is 1.96 bits per heavy atom. The molecule has 0 radical (unpaired) electrons. The molecular formula is C18H18BrFN2O4. The summed E-state index contributed by atoms with van der Waals surface area (Å²) in [5.41, 5.74) is 6.75. The van der Waals surface area contributed by atoms with Crippen molar-refractivity contribution in [1.29, 1.82) is 0 Å². The van der Waals surface area contributed by atoms with E-state index in [-0.39, 0.29) is 23.5 Å². The smallest absolute Gasteiger partial charge is 0.340 e. The van der Waals surface area contributed by atoms with Crippen molar-refractivity contribution in [3.05, 3.63) is 57.8 Å². The van der Waals surface area contributed by atoms with E-state index in [2.05, 4.69) is 15.9 Å². The molecule has 0 saturated heterocycles. The zero-order valence-corrected chi connectivity index (χ0v) is 15.9. The molecule has 0 atom stereocenters. The van der Waals surface area contributed by atoms with Crippen LogP contribution in [0.4, 0.5) is 10.1 Å². The van der Waals surface area contributed by atoms with E-state index in [1.807, 2.05) is 0 Å². The van der Waals surface area contributed by atoms with Crippen molar-refractivity contribution in [3.63, 3.8) is 0 Å². The lowest BCUT2D eigenvalue weighted by Gasteiger charge is -2.17. The summed E-state index contributed by atoms with van der Waals surface area (Å²) < 4.78 is 24.2. The summed E-state index contributed by atoms with van der Waals surface area (Å²) in [5, 5.41) is 0. The van der Waals surface area contributed by atoms with Gasteiger partial charge in [0.15, 0.2) is 18.2 Å². The number of methoxy groups -OCH3 is 1. The minimum atomic E-state index is -0.693. The molecule has 0 aliphatic carbocycles. The summed E-state index contributed by atoms with van der Waals surface area (Å²) in [7, 11) is 2.91. The number of hydrogen-bond donors (Lipinski definition) is 1. The van der Waals surface area contributed by atoms with Crippen LogP contribution < -0.4 is 10.5 Å². The van der Waals surface area contributed by atoms with Crippen LogP contribution >= 0.6 is 15.9 Å². The maximum Gasteiger partial charge on any atom is 0.340 e. The van der Waals surface area contributed by atoms with Crippen LogP contribution in [0, 0.1) is 5.82 Å². The summed E-state index contributed by atoms with van der Waals surface area (Å²) in [6.45, 7) is -0.282. The lowest BCUT2D eigenvalue weighted by atomic mass is 10.2. The molecular weight excluding hydrogens is 407 g/mol. The predicted molar refractivity (Wildman–Crippen MR) is 98.3 cm³/mol. The number of esters is 1. The van der Waals surface area contributed by atoms with E-state index in [0.717, 1.165) is 0 Å². The number of rotatable bonds is 6. The van der Waals surface area contributed by atoms with Gasteiger partial charge in [-0.25, -0.2) is 9.18 Å². The highest BCUT2D eigenvalue weighted by Crippen LogP contribution is 2.20. The average Bonchev–Trinajstić information content (AvgIpc) is 2.61. The number of carbonyl (C=O) groups excluding carboxylic acids is 2. The van der Waals surface area contributed by atoms with Crippen molar-refractivity contribution < 1.29 is 23.5 Å². The fourth-order valence-electron chi connectivity index (χ4n) is 2.19. The van der Waals surface area contributed by atoms with Crippen molar-refractivity contribution in [2.75, 3.05) is 26.5 Å². The maximum absolute atomic E-state index is 13.7. The molecule has 0 fully saturated rings. The number of nitrogen functional groups attached to an aromatic ring is 1. The van der Waals surface area contributed by atoms with Gasteiger partial charge in [-0.3, -0.25) is 4.79 Å². The molecule has 8 heteroatoms. The summed E-state index contributed by atoms with van der Waals surface area (Å²) >= 11 is 3.24. The molecule has 26 heavy (non-hydrogen) atoms. The second kappa shape index (κ2) is 8.66. The molecule has 1 amide bonds. The summed E-state index contributed by atoms with van der Waals surface area (Å²) in [6, 6.07) is 9.20. The summed E-state index contributed by atoms with van der Waals surface area (Å²) in [6.07, 6.45) is 0. The molecule has 0 unspecified atom stereocenters. The van der Waals surface area contributed by atoms with Gasteiger partial charge in [0.05, 0.1) is 12.7 Å². The molecule has 2 aromatic rings. The van der Waals surface area contributed by atoms with Crippen LogP contribution in [0.3, 0.4) is 0 Å². The first-order valence-electron chi connectivity index (χ1n) is 7.60. The quantitative estimate of drug-likeness (QED) is 0.569. The Bertz CT molecular complexity index is 829. The number of anilines is 1. The molecule has 2 N–H and O–H groups in total. The minimum absolute atomic E-state index is 0.128. The number of halogens is 2. The molecule has 0 heterocycles. The highest BCUT2D eigenvalue weighted by Gasteiger charge is 2.16. The molecule has 0 saturated carbocycles. The third-order valence-electron chi connectivity index (χ3n) is 3.62. The van der Waals surface area contributed by atoms with Crippen molar-refractivity contribution in [3.8, 4) is 5.75 Å². The number of nitrogens with zero attached hydrogens (tertiary/aromatic N) is 1. The van der Waals surface area contributed by atoms with Gasteiger partial charge in [0.2, 0.25) is 0 Å². The Labute approximate surface area is 158 Å². The van der Waals surface area contributed by atoms with Crippen molar-refractivity contribution in [2.45, 2.75) is 6.54 Å². The topological polar surface area (TPSA) is 81.9 Å². The maximum atomic E-state index is 13.7. The number of amides is 1. The van der Waals surface area contributed by atoms with Crippen molar-refractivity contribution >= 4 is 33.5 Å². The van der Waals surface area contributed by atoms with E-state index >= 15 is 0 Å². The number of nitrogens with two attached hydrogens (primary N) is 1. The molecule has 0 bridgehead atoms. The standard InChI is InChI=1S/C18H18BrFN2O4/c1-22(9-11-3-6-16(25-2)14(20)7-11)17(23)10-26-18(24)13-8-12(19)4-5-15(13)21/h3-8H,9-10,21H2,1-2H3. The number of benzene rings is 2. The van der Waals surface area contributed by atoms with Gasteiger partial charge in [-0.2, -0.15) is 0 Å². The normalized spacial score (nSPS) is 10.3. The van der Waals surface area contributed by atoms with Crippen LogP contribution in [0.25, 0.3) is 0 Å². The SMILES string of the molecule is COc1ccc(CN(C)C(=O)COC(=O)c2cc(Br)ccc2N)cc1F. The molecule has 0 aliphatic rings. The number of carbonyl (C=O) groups is 2. The number of likely N-dealkylation sites (N-methyl/N-ethyl adjacent to an activating group) is 1. The molecule has 0 aliphatic heterocycles. The monoisotopic (exact) mass is 424 g/mol. The second-order valence-electron chi connectivity index (χ2n) is 5.53. The van der Waals surface area contributed by atoms with E-state index < -0.39 is 24.3 Å². The van der Waals surface area contributed by atoms with Gasteiger partial charge in [-0.05, 0) is 35.9 Å². The van der Waals surface area contributed by atoms with Gasteiger partial charge in [0.1, 0.15) is 0 Å².